The number of amides is 1. The maximum Gasteiger partial charge on any atom is 0.245 e. The molecule has 9 nitrogen and oxygen atoms in total. The van der Waals surface area contributed by atoms with Gasteiger partial charge in [-0.3, -0.25) is 14.8 Å². The third-order valence-corrected chi connectivity index (χ3v) is 5.39. The predicted molar refractivity (Wildman–Crippen MR) is 117 cm³/mol. The Morgan fingerprint density at radius 2 is 1.87 bits per heavy atom. The van der Waals surface area contributed by atoms with Crippen LogP contribution in [0.4, 0.5) is 11.6 Å². The van der Waals surface area contributed by atoms with E-state index in [-0.39, 0.29) is 12.5 Å². The van der Waals surface area contributed by atoms with Gasteiger partial charge in [0.05, 0.1) is 17.3 Å². The fourth-order valence-electron chi connectivity index (χ4n) is 3.88. The number of anilines is 2. The van der Waals surface area contributed by atoms with Crippen molar-refractivity contribution < 1.29 is 4.79 Å². The first-order valence-electron chi connectivity index (χ1n) is 10.3. The number of carbonyl (C=O) groups is 1. The van der Waals surface area contributed by atoms with Crippen molar-refractivity contribution >= 4 is 28.6 Å². The molecule has 4 aromatic rings. The summed E-state index contributed by atoms with van der Waals surface area (Å²) in [5.41, 5.74) is 2.33. The second-order valence-electron chi connectivity index (χ2n) is 7.50. The summed E-state index contributed by atoms with van der Waals surface area (Å²) in [6.07, 6.45) is 13.7. The van der Waals surface area contributed by atoms with Gasteiger partial charge in [-0.05, 0) is 37.5 Å². The van der Waals surface area contributed by atoms with Gasteiger partial charge in [-0.2, -0.15) is 0 Å². The molecule has 1 aliphatic rings. The number of carbonyl (C=O) groups excluding carboxylic acids is 1. The Hall–Kier alpha value is -3.88. The van der Waals surface area contributed by atoms with Crippen molar-refractivity contribution in [2.75, 3.05) is 23.3 Å². The highest BCUT2D eigenvalue weighted by atomic mass is 16.2. The van der Waals surface area contributed by atoms with E-state index in [1.165, 1.54) is 19.3 Å². The van der Waals surface area contributed by atoms with Crippen molar-refractivity contribution in [3.63, 3.8) is 0 Å². The van der Waals surface area contributed by atoms with Gasteiger partial charge in [0.2, 0.25) is 5.91 Å². The Labute approximate surface area is 179 Å². The molecule has 0 unspecified atom stereocenters. The lowest BCUT2D eigenvalue weighted by Gasteiger charge is -2.28. The predicted octanol–water partition coefficient (Wildman–Crippen LogP) is 2.91. The lowest BCUT2D eigenvalue weighted by Crippen LogP contribution is -2.30. The highest BCUT2D eigenvalue weighted by Gasteiger charge is 2.17. The van der Waals surface area contributed by atoms with E-state index in [1.807, 2.05) is 22.9 Å². The second-order valence-corrected chi connectivity index (χ2v) is 7.50. The zero-order chi connectivity index (χ0) is 21.0. The van der Waals surface area contributed by atoms with Crippen LogP contribution in [-0.4, -0.2) is 48.5 Å². The molecule has 0 bridgehead atoms. The van der Waals surface area contributed by atoms with Crippen LogP contribution in [0, 0.1) is 0 Å². The van der Waals surface area contributed by atoms with Gasteiger partial charge in [0.25, 0.3) is 0 Å². The number of rotatable bonds is 5. The molecule has 4 aromatic heterocycles. The molecule has 5 heterocycles. The molecule has 1 amide bonds. The van der Waals surface area contributed by atoms with Crippen molar-refractivity contribution in [2.45, 2.75) is 25.8 Å². The van der Waals surface area contributed by atoms with E-state index in [4.69, 9.17) is 0 Å². The standard InChI is InChI=1S/C22H22N8O/c31-20(28-19-5-4-16(12-25-19)18-13-23-7-8-24-18)14-30-11-6-17-21(26-15-27-22(17)30)29-9-2-1-3-10-29/h4-8,11-13,15H,1-3,9-10,14H2,(H,25,28,31). The molecule has 5 rings (SSSR count). The average Bonchev–Trinajstić information content (AvgIpc) is 3.23. The topological polar surface area (TPSA) is 102 Å². The zero-order valence-electron chi connectivity index (χ0n) is 17.0. The number of aromatic nitrogens is 6. The van der Waals surface area contributed by atoms with Crippen LogP contribution >= 0.6 is 0 Å². The lowest BCUT2D eigenvalue weighted by atomic mass is 10.1. The molecule has 156 valence electrons. The summed E-state index contributed by atoms with van der Waals surface area (Å²) in [4.78, 5) is 36.5. The SMILES string of the molecule is O=C(Cn1ccc2c(N3CCCCC3)ncnc21)Nc1ccc(-c2cnccn2)cn1. The summed E-state index contributed by atoms with van der Waals surface area (Å²) >= 11 is 0. The summed E-state index contributed by atoms with van der Waals surface area (Å²) in [7, 11) is 0. The van der Waals surface area contributed by atoms with E-state index in [0.717, 1.165) is 41.2 Å². The molecule has 0 atom stereocenters. The van der Waals surface area contributed by atoms with Gasteiger partial charge in [0.15, 0.2) is 0 Å². The first-order valence-corrected chi connectivity index (χ1v) is 10.3. The molecule has 0 aliphatic carbocycles. The summed E-state index contributed by atoms with van der Waals surface area (Å²) in [6.45, 7) is 2.16. The molecule has 9 heteroatoms. The fourth-order valence-corrected chi connectivity index (χ4v) is 3.88. The summed E-state index contributed by atoms with van der Waals surface area (Å²) in [5, 5.41) is 3.82. The smallest absolute Gasteiger partial charge is 0.245 e. The van der Waals surface area contributed by atoms with E-state index in [0.29, 0.717) is 5.82 Å². The highest BCUT2D eigenvalue weighted by Crippen LogP contribution is 2.26. The fraction of sp³-hybridized carbons (Fsp3) is 0.273. The normalized spacial score (nSPS) is 14.0. The minimum absolute atomic E-state index is 0.146. The molecule has 31 heavy (non-hydrogen) atoms. The van der Waals surface area contributed by atoms with Gasteiger partial charge in [-0.25, -0.2) is 15.0 Å². The van der Waals surface area contributed by atoms with Crippen LogP contribution < -0.4 is 10.2 Å². The third kappa shape index (κ3) is 4.07. The molecule has 1 saturated heterocycles. The Balaban J connectivity index is 1.29. The lowest BCUT2D eigenvalue weighted by molar-refractivity contribution is -0.116. The number of piperidine rings is 1. The maximum absolute atomic E-state index is 12.6. The molecule has 0 aromatic carbocycles. The van der Waals surface area contributed by atoms with Crippen molar-refractivity contribution in [1.82, 2.24) is 29.5 Å². The monoisotopic (exact) mass is 414 g/mol. The molecule has 1 fully saturated rings. The van der Waals surface area contributed by atoms with Crippen molar-refractivity contribution in [3.05, 3.63) is 55.5 Å². The van der Waals surface area contributed by atoms with Crippen molar-refractivity contribution in [2.24, 2.45) is 0 Å². The number of hydrogen-bond acceptors (Lipinski definition) is 7. The summed E-state index contributed by atoms with van der Waals surface area (Å²) in [5.74, 6) is 1.26. The Bertz CT molecular complexity index is 1180. The van der Waals surface area contributed by atoms with Crippen LogP contribution in [0.3, 0.4) is 0 Å². The van der Waals surface area contributed by atoms with Crippen LogP contribution in [0.15, 0.2) is 55.5 Å². The molecule has 1 aliphatic heterocycles. The van der Waals surface area contributed by atoms with Crippen LogP contribution in [0.2, 0.25) is 0 Å². The largest absolute Gasteiger partial charge is 0.356 e. The van der Waals surface area contributed by atoms with Gasteiger partial charge < -0.3 is 14.8 Å². The molecule has 0 spiro atoms. The summed E-state index contributed by atoms with van der Waals surface area (Å²) < 4.78 is 1.84. The number of nitrogens with zero attached hydrogens (tertiary/aromatic N) is 7. The van der Waals surface area contributed by atoms with E-state index >= 15 is 0 Å². The quantitative estimate of drug-likeness (QED) is 0.536. The zero-order valence-corrected chi connectivity index (χ0v) is 17.0. The Morgan fingerprint density at radius 3 is 2.65 bits per heavy atom. The molecule has 1 N–H and O–H groups in total. The first kappa shape index (κ1) is 19.1. The Kier molecular flexibility index (Phi) is 5.22. The average molecular weight is 414 g/mol. The third-order valence-electron chi connectivity index (χ3n) is 5.39. The number of fused-ring (bicyclic) bond motifs is 1. The minimum Gasteiger partial charge on any atom is -0.356 e. The van der Waals surface area contributed by atoms with E-state index in [2.05, 4.69) is 35.1 Å². The van der Waals surface area contributed by atoms with Gasteiger partial charge >= 0.3 is 0 Å². The summed E-state index contributed by atoms with van der Waals surface area (Å²) in [6, 6.07) is 5.60. The van der Waals surface area contributed by atoms with Crippen molar-refractivity contribution in [1.29, 1.82) is 0 Å². The highest BCUT2D eigenvalue weighted by molar-refractivity contribution is 5.92. The van der Waals surface area contributed by atoms with Gasteiger partial charge in [-0.1, -0.05) is 0 Å². The molecule has 0 radical (unpaired) electrons. The molecular formula is C22H22N8O. The van der Waals surface area contributed by atoms with E-state index in [1.54, 1.807) is 37.2 Å². The number of nitrogens with one attached hydrogen (secondary N) is 1. The van der Waals surface area contributed by atoms with E-state index < -0.39 is 0 Å². The van der Waals surface area contributed by atoms with Crippen LogP contribution in [0.1, 0.15) is 19.3 Å². The second kappa shape index (κ2) is 8.47. The van der Waals surface area contributed by atoms with Crippen LogP contribution in [-0.2, 0) is 11.3 Å². The van der Waals surface area contributed by atoms with Crippen LogP contribution in [0.25, 0.3) is 22.3 Å². The van der Waals surface area contributed by atoms with Gasteiger partial charge in [0, 0.05) is 43.4 Å². The van der Waals surface area contributed by atoms with Crippen molar-refractivity contribution in [3.8, 4) is 11.3 Å². The molecular weight excluding hydrogens is 392 g/mol. The van der Waals surface area contributed by atoms with Gasteiger partial charge in [-0.15, -0.1) is 0 Å². The van der Waals surface area contributed by atoms with Gasteiger partial charge in [0.1, 0.15) is 30.2 Å². The van der Waals surface area contributed by atoms with Crippen LogP contribution in [0.5, 0.6) is 0 Å². The number of hydrogen-bond donors (Lipinski definition) is 1. The first-order chi connectivity index (χ1) is 15.3. The number of pyridine rings is 1. The molecule has 0 saturated carbocycles. The van der Waals surface area contributed by atoms with E-state index in [9.17, 15) is 4.79 Å². The minimum atomic E-state index is -0.171. The Morgan fingerprint density at radius 1 is 0.968 bits per heavy atom. The maximum atomic E-state index is 12.6.